The number of amides is 1. The number of anilines is 1. The molecule has 1 aliphatic carbocycles. The van der Waals surface area contributed by atoms with E-state index in [1.807, 2.05) is 23.1 Å². The third-order valence-electron chi connectivity index (χ3n) is 6.07. The molecule has 2 aliphatic rings. The summed E-state index contributed by atoms with van der Waals surface area (Å²) in [5.41, 5.74) is 2.19. The number of hydrogen-bond donors (Lipinski definition) is 0. The second-order valence-corrected chi connectivity index (χ2v) is 8.11. The minimum Gasteiger partial charge on any atom is -0.496 e. The van der Waals surface area contributed by atoms with Crippen LogP contribution >= 0.6 is 0 Å². The van der Waals surface area contributed by atoms with Crippen LogP contribution in [0.2, 0.25) is 0 Å². The standard InChI is InChI=1S/C24H30FN3O2/c1-30-23-5-3-2-4-19(23)18-28(22-10-11-22)13-12-24(29)27-16-14-26(15-17-27)21-8-6-20(25)7-9-21/h2-9,22H,10-18H2,1H3. The molecule has 1 heterocycles. The van der Waals surface area contributed by atoms with Crippen molar-refractivity contribution < 1.29 is 13.9 Å². The number of hydrogen-bond acceptors (Lipinski definition) is 4. The van der Waals surface area contributed by atoms with Crippen molar-refractivity contribution in [2.75, 3.05) is 44.7 Å². The highest BCUT2D eigenvalue weighted by Gasteiger charge is 2.30. The lowest BCUT2D eigenvalue weighted by atomic mass is 10.1. The van der Waals surface area contributed by atoms with E-state index >= 15 is 0 Å². The van der Waals surface area contributed by atoms with Gasteiger partial charge in [-0.1, -0.05) is 18.2 Å². The van der Waals surface area contributed by atoms with Crippen LogP contribution in [0.25, 0.3) is 0 Å². The van der Waals surface area contributed by atoms with E-state index in [2.05, 4.69) is 15.9 Å². The zero-order chi connectivity index (χ0) is 20.9. The van der Waals surface area contributed by atoms with Gasteiger partial charge in [-0.3, -0.25) is 9.69 Å². The summed E-state index contributed by atoms with van der Waals surface area (Å²) in [7, 11) is 1.70. The minimum absolute atomic E-state index is 0.221. The van der Waals surface area contributed by atoms with E-state index in [0.29, 0.717) is 25.6 Å². The molecule has 6 heteroatoms. The summed E-state index contributed by atoms with van der Waals surface area (Å²) in [5.74, 6) is 0.909. The maximum Gasteiger partial charge on any atom is 0.223 e. The molecular weight excluding hydrogens is 381 g/mol. The van der Waals surface area contributed by atoms with Crippen LogP contribution in [-0.2, 0) is 11.3 Å². The number of piperazine rings is 1. The molecule has 160 valence electrons. The van der Waals surface area contributed by atoms with Gasteiger partial charge in [0.25, 0.3) is 0 Å². The lowest BCUT2D eigenvalue weighted by Crippen LogP contribution is -2.49. The van der Waals surface area contributed by atoms with Crippen molar-refractivity contribution in [2.24, 2.45) is 0 Å². The number of benzene rings is 2. The summed E-state index contributed by atoms with van der Waals surface area (Å²) >= 11 is 0. The number of methoxy groups -OCH3 is 1. The second kappa shape index (κ2) is 9.47. The summed E-state index contributed by atoms with van der Waals surface area (Å²) in [6.07, 6.45) is 2.96. The molecule has 1 saturated carbocycles. The van der Waals surface area contributed by atoms with Crippen molar-refractivity contribution in [3.05, 3.63) is 59.9 Å². The molecule has 30 heavy (non-hydrogen) atoms. The third-order valence-corrected chi connectivity index (χ3v) is 6.07. The van der Waals surface area contributed by atoms with Gasteiger partial charge in [-0.2, -0.15) is 0 Å². The number of nitrogens with zero attached hydrogens (tertiary/aromatic N) is 3. The van der Waals surface area contributed by atoms with Crippen LogP contribution in [0.1, 0.15) is 24.8 Å². The summed E-state index contributed by atoms with van der Waals surface area (Å²) in [6.45, 7) is 4.59. The van der Waals surface area contributed by atoms with Crippen LogP contribution in [0.15, 0.2) is 48.5 Å². The Hall–Kier alpha value is -2.60. The van der Waals surface area contributed by atoms with Gasteiger partial charge in [0.1, 0.15) is 11.6 Å². The van der Waals surface area contributed by atoms with Gasteiger partial charge in [0.15, 0.2) is 0 Å². The van der Waals surface area contributed by atoms with Crippen LogP contribution in [-0.4, -0.2) is 61.6 Å². The molecule has 0 spiro atoms. The third kappa shape index (κ3) is 5.11. The first kappa shape index (κ1) is 20.7. The normalized spacial score (nSPS) is 16.8. The van der Waals surface area contributed by atoms with Gasteiger partial charge in [0.05, 0.1) is 7.11 Å². The van der Waals surface area contributed by atoms with E-state index in [1.54, 1.807) is 19.2 Å². The van der Waals surface area contributed by atoms with Gasteiger partial charge in [-0.15, -0.1) is 0 Å². The number of carbonyl (C=O) groups excluding carboxylic acids is 1. The molecule has 2 aromatic carbocycles. The summed E-state index contributed by atoms with van der Waals surface area (Å²) in [4.78, 5) is 19.4. The van der Waals surface area contributed by atoms with Crippen molar-refractivity contribution >= 4 is 11.6 Å². The molecule has 0 radical (unpaired) electrons. The fourth-order valence-electron chi connectivity index (χ4n) is 4.15. The van der Waals surface area contributed by atoms with Crippen molar-refractivity contribution in [1.82, 2.24) is 9.80 Å². The predicted octanol–water partition coefficient (Wildman–Crippen LogP) is 3.54. The molecule has 5 nitrogen and oxygen atoms in total. The van der Waals surface area contributed by atoms with Crippen LogP contribution < -0.4 is 9.64 Å². The van der Waals surface area contributed by atoms with E-state index in [1.165, 1.54) is 30.5 Å². The molecule has 2 fully saturated rings. The Morgan fingerprint density at radius 2 is 1.77 bits per heavy atom. The summed E-state index contributed by atoms with van der Waals surface area (Å²) in [5, 5.41) is 0. The zero-order valence-electron chi connectivity index (χ0n) is 17.6. The highest BCUT2D eigenvalue weighted by atomic mass is 19.1. The molecule has 0 bridgehead atoms. The first-order chi connectivity index (χ1) is 14.6. The summed E-state index contributed by atoms with van der Waals surface area (Å²) in [6, 6.07) is 15.3. The second-order valence-electron chi connectivity index (χ2n) is 8.11. The van der Waals surface area contributed by atoms with Gasteiger partial charge in [0.2, 0.25) is 5.91 Å². The molecule has 0 unspecified atom stereocenters. The Bertz CT molecular complexity index is 846. The number of halogens is 1. The lowest BCUT2D eigenvalue weighted by molar-refractivity contribution is -0.131. The van der Waals surface area contributed by atoms with E-state index in [-0.39, 0.29) is 11.7 Å². The average molecular weight is 412 g/mol. The molecule has 0 atom stereocenters. The van der Waals surface area contributed by atoms with E-state index in [4.69, 9.17) is 4.74 Å². The van der Waals surface area contributed by atoms with Gasteiger partial charge in [0, 0.05) is 63.0 Å². The smallest absolute Gasteiger partial charge is 0.223 e. The van der Waals surface area contributed by atoms with Gasteiger partial charge in [-0.25, -0.2) is 4.39 Å². The first-order valence-corrected chi connectivity index (χ1v) is 10.8. The Kier molecular flexibility index (Phi) is 6.53. The van der Waals surface area contributed by atoms with Crippen molar-refractivity contribution in [1.29, 1.82) is 0 Å². The predicted molar refractivity (Wildman–Crippen MR) is 116 cm³/mol. The maximum atomic E-state index is 13.1. The molecule has 2 aromatic rings. The van der Waals surface area contributed by atoms with Crippen LogP contribution in [0.4, 0.5) is 10.1 Å². The quantitative estimate of drug-likeness (QED) is 0.666. The number of para-hydroxylation sites is 1. The van der Waals surface area contributed by atoms with Crippen molar-refractivity contribution in [3.63, 3.8) is 0 Å². The van der Waals surface area contributed by atoms with Gasteiger partial charge in [-0.05, 0) is 43.2 Å². The lowest BCUT2D eigenvalue weighted by Gasteiger charge is -2.36. The fraction of sp³-hybridized carbons (Fsp3) is 0.458. The van der Waals surface area contributed by atoms with Crippen LogP contribution in [0, 0.1) is 5.82 Å². The van der Waals surface area contributed by atoms with Gasteiger partial charge < -0.3 is 14.5 Å². The first-order valence-electron chi connectivity index (χ1n) is 10.8. The van der Waals surface area contributed by atoms with E-state index in [0.717, 1.165) is 37.6 Å². The van der Waals surface area contributed by atoms with Crippen molar-refractivity contribution in [3.8, 4) is 5.75 Å². The van der Waals surface area contributed by atoms with Gasteiger partial charge >= 0.3 is 0 Å². The molecular formula is C24H30FN3O2. The zero-order valence-corrected chi connectivity index (χ0v) is 17.6. The molecule has 1 aliphatic heterocycles. The number of ether oxygens (including phenoxy) is 1. The highest BCUT2D eigenvalue weighted by Crippen LogP contribution is 2.30. The monoisotopic (exact) mass is 411 g/mol. The number of carbonyl (C=O) groups is 1. The van der Waals surface area contributed by atoms with E-state index in [9.17, 15) is 9.18 Å². The molecule has 0 N–H and O–H groups in total. The van der Waals surface area contributed by atoms with Crippen LogP contribution in [0.5, 0.6) is 5.75 Å². The molecule has 0 aromatic heterocycles. The fourth-order valence-corrected chi connectivity index (χ4v) is 4.15. The maximum absolute atomic E-state index is 13.1. The largest absolute Gasteiger partial charge is 0.496 e. The topological polar surface area (TPSA) is 36.0 Å². The molecule has 4 rings (SSSR count). The Labute approximate surface area is 178 Å². The molecule has 1 saturated heterocycles. The average Bonchev–Trinajstić information content (AvgIpc) is 3.63. The van der Waals surface area contributed by atoms with E-state index < -0.39 is 0 Å². The number of rotatable bonds is 8. The molecule has 1 amide bonds. The SMILES string of the molecule is COc1ccccc1CN(CCC(=O)N1CCN(c2ccc(F)cc2)CC1)C1CC1. The minimum atomic E-state index is -0.221. The summed E-state index contributed by atoms with van der Waals surface area (Å²) < 4.78 is 18.6. The highest BCUT2D eigenvalue weighted by molar-refractivity contribution is 5.76. The van der Waals surface area contributed by atoms with Crippen LogP contribution in [0.3, 0.4) is 0 Å². The van der Waals surface area contributed by atoms with Crippen molar-refractivity contribution in [2.45, 2.75) is 31.8 Å². The Morgan fingerprint density at radius 1 is 1.07 bits per heavy atom. The Balaban J connectivity index is 1.28. The Morgan fingerprint density at radius 3 is 2.43 bits per heavy atom.